The van der Waals surface area contributed by atoms with E-state index in [0.29, 0.717) is 0 Å². The van der Waals surface area contributed by atoms with Gasteiger partial charge in [0.05, 0.1) is 0 Å². The Morgan fingerprint density at radius 3 is 2.67 bits per heavy atom. The van der Waals surface area contributed by atoms with Crippen LogP contribution in [-0.4, -0.2) is 17.6 Å². The Kier molecular flexibility index (Phi) is 4.59. The summed E-state index contributed by atoms with van der Waals surface area (Å²) in [6, 6.07) is 7.75. The molecule has 0 heterocycles. The van der Waals surface area contributed by atoms with Gasteiger partial charge in [-0.1, -0.05) is 42.3 Å². The van der Waals surface area contributed by atoms with E-state index >= 15 is 0 Å². The number of amidine groups is 1. The van der Waals surface area contributed by atoms with E-state index < -0.39 is 0 Å². The predicted octanol–water partition coefficient (Wildman–Crippen LogP) is 2.06. The van der Waals surface area contributed by atoms with Crippen molar-refractivity contribution in [2.24, 2.45) is 16.8 Å². The van der Waals surface area contributed by atoms with Gasteiger partial charge in [-0.25, -0.2) is 0 Å². The Morgan fingerprint density at radius 2 is 2.06 bits per heavy atom. The zero-order valence-electron chi connectivity index (χ0n) is 10.6. The summed E-state index contributed by atoms with van der Waals surface area (Å²) in [6.45, 7) is 1.96. The van der Waals surface area contributed by atoms with Gasteiger partial charge >= 0.3 is 0 Å². The fourth-order valence-electron chi connectivity index (χ4n) is 2.01. The zero-order valence-corrected chi connectivity index (χ0v) is 10.6. The third-order valence-corrected chi connectivity index (χ3v) is 3.35. The van der Waals surface area contributed by atoms with Gasteiger partial charge < -0.3 is 16.3 Å². The van der Waals surface area contributed by atoms with Crippen molar-refractivity contribution in [2.45, 2.75) is 32.2 Å². The van der Waals surface area contributed by atoms with Gasteiger partial charge in [-0.15, -0.1) is 0 Å². The number of nitrogens with one attached hydrogen (secondary N) is 1. The molecule has 4 heteroatoms. The second-order valence-electron chi connectivity index (χ2n) is 4.94. The Bertz CT molecular complexity index is 396. The van der Waals surface area contributed by atoms with Crippen LogP contribution in [0.1, 0.15) is 36.8 Å². The van der Waals surface area contributed by atoms with Crippen molar-refractivity contribution in [3.63, 3.8) is 0 Å². The lowest BCUT2D eigenvalue weighted by molar-refractivity contribution is 0.318. The largest absolute Gasteiger partial charge is 0.409 e. The molecule has 98 valence electrons. The number of rotatable bonds is 7. The standard InChI is InChI=1S/C14H21N3O/c15-14(17-18)13-7-5-12(6-8-13)10-16-9-1-2-11-3-4-11/h5-8,11,16,18H,1-4,9-10H2,(H2,15,17). The lowest BCUT2D eigenvalue weighted by Crippen LogP contribution is -2.16. The van der Waals surface area contributed by atoms with Crippen LogP contribution in [0.25, 0.3) is 0 Å². The van der Waals surface area contributed by atoms with E-state index in [4.69, 9.17) is 10.9 Å². The van der Waals surface area contributed by atoms with Gasteiger partial charge in [0.2, 0.25) is 0 Å². The SMILES string of the molecule is N/C(=N/O)c1ccc(CNCCCC2CC2)cc1. The molecule has 0 unspecified atom stereocenters. The maximum Gasteiger partial charge on any atom is 0.170 e. The molecule has 0 atom stereocenters. The summed E-state index contributed by atoms with van der Waals surface area (Å²) < 4.78 is 0. The minimum atomic E-state index is 0.152. The molecule has 2 rings (SSSR count). The number of hydrogen-bond acceptors (Lipinski definition) is 3. The summed E-state index contributed by atoms with van der Waals surface area (Å²) >= 11 is 0. The first-order chi connectivity index (χ1) is 8.79. The fourth-order valence-corrected chi connectivity index (χ4v) is 2.01. The summed E-state index contributed by atoms with van der Waals surface area (Å²) in [5, 5.41) is 15.0. The van der Waals surface area contributed by atoms with Crippen LogP contribution >= 0.6 is 0 Å². The monoisotopic (exact) mass is 247 g/mol. The Labute approximate surface area is 108 Å². The second-order valence-corrected chi connectivity index (χ2v) is 4.94. The number of benzene rings is 1. The minimum absolute atomic E-state index is 0.152. The average molecular weight is 247 g/mol. The molecule has 0 bridgehead atoms. The molecule has 1 fully saturated rings. The Hall–Kier alpha value is -1.55. The van der Waals surface area contributed by atoms with Gasteiger partial charge in [0.15, 0.2) is 5.84 Å². The van der Waals surface area contributed by atoms with Gasteiger partial charge in [0.1, 0.15) is 0 Å². The Morgan fingerprint density at radius 1 is 1.33 bits per heavy atom. The maximum atomic E-state index is 8.56. The molecular formula is C14H21N3O. The van der Waals surface area contributed by atoms with Crippen LogP contribution in [0.4, 0.5) is 0 Å². The highest BCUT2D eigenvalue weighted by molar-refractivity contribution is 5.96. The second kappa shape index (κ2) is 6.40. The quantitative estimate of drug-likeness (QED) is 0.227. The third kappa shape index (κ3) is 4.04. The highest BCUT2D eigenvalue weighted by Gasteiger charge is 2.19. The van der Waals surface area contributed by atoms with Gasteiger partial charge in [0.25, 0.3) is 0 Å². The van der Waals surface area contributed by atoms with E-state index in [1.165, 1.54) is 31.2 Å². The topological polar surface area (TPSA) is 70.6 Å². The van der Waals surface area contributed by atoms with Crippen LogP contribution in [0.2, 0.25) is 0 Å². The highest BCUT2D eigenvalue weighted by atomic mass is 16.4. The fraction of sp³-hybridized carbons (Fsp3) is 0.500. The molecule has 4 nitrogen and oxygen atoms in total. The normalized spacial score (nSPS) is 15.9. The zero-order chi connectivity index (χ0) is 12.8. The molecule has 1 aliphatic rings. The molecule has 0 amide bonds. The number of nitrogens with zero attached hydrogens (tertiary/aromatic N) is 1. The number of hydrogen-bond donors (Lipinski definition) is 3. The van der Waals surface area contributed by atoms with E-state index in [9.17, 15) is 0 Å². The van der Waals surface area contributed by atoms with Crippen LogP contribution in [0.15, 0.2) is 29.4 Å². The van der Waals surface area contributed by atoms with Crippen molar-refractivity contribution in [2.75, 3.05) is 6.54 Å². The van der Waals surface area contributed by atoms with Gasteiger partial charge in [-0.05, 0) is 30.9 Å². The minimum Gasteiger partial charge on any atom is -0.409 e. The van der Waals surface area contributed by atoms with Gasteiger partial charge in [0, 0.05) is 12.1 Å². The maximum absolute atomic E-state index is 8.56. The van der Waals surface area contributed by atoms with Crippen LogP contribution in [0.3, 0.4) is 0 Å². The van der Waals surface area contributed by atoms with E-state index in [0.717, 1.165) is 24.6 Å². The Balaban J connectivity index is 1.68. The molecule has 1 aromatic carbocycles. The smallest absolute Gasteiger partial charge is 0.170 e. The molecule has 0 spiro atoms. The summed E-state index contributed by atoms with van der Waals surface area (Å²) in [7, 11) is 0. The molecule has 4 N–H and O–H groups in total. The van der Waals surface area contributed by atoms with Crippen LogP contribution in [-0.2, 0) is 6.54 Å². The van der Waals surface area contributed by atoms with Crippen molar-refractivity contribution in [3.05, 3.63) is 35.4 Å². The van der Waals surface area contributed by atoms with Crippen LogP contribution < -0.4 is 11.1 Å². The average Bonchev–Trinajstić information content (AvgIpc) is 3.22. The lowest BCUT2D eigenvalue weighted by atomic mass is 10.1. The first-order valence-electron chi connectivity index (χ1n) is 6.57. The van der Waals surface area contributed by atoms with Crippen molar-refractivity contribution in [1.82, 2.24) is 5.32 Å². The van der Waals surface area contributed by atoms with E-state index in [1.807, 2.05) is 24.3 Å². The number of oxime groups is 1. The molecule has 0 aliphatic heterocycles. The molecule has 1 aliphatic carbocycles. The highest BCUT2D eigenvalue weighted by Crippen LogP contribution is 2.33. The first-order valence-corrected chi connectivity index (χ1v) is 6.57. The lowest BCUT2D eigenvalue weighted by Gasteiger charge is -2.05. The van der Waals surface area contributed by atoms with Crippen molar-refractivity contribution < 1.29 is 5.21 Å². The molecule has 18 heavy (non-hydrogen) atoms. The van der Waals surface area contributed by atoms with Crippen molar-refractivity contribution in [1.29, 1.82) is 0 Å². The number of nitrogens with two attached hydrogens (primary N) is 1. The summed E-state index contributed by atoms with van der Waals surface area (Å²) in [6.07, 6.45) is 5.52. The van der Waals surface area contributed by atoms with Crippen molar-refractivity contribution in [3.8, 4) is 0 Å². The molecule has 1 saturated carbocycles. The summed E-state index contributed by atoms with van der Waals surface area (Å²) in [4.78, 5) is 0. The molecule has 0 aromatic heterocycles. The van der Waals surface area contributed by atoms with Gasteiger partial charge in [-0.2, -0.15) is 0 Å². The van der Waals surface area contributed by atoms with E-state index in [1.54, 1.807) is 0 Å². The third-order valence-electron chi connectivity index (χ3n) is 3.35. The molecule has 1 aromatic rings. The molecule has 0 radical (unpaired) electrons. The van der Waals surface area contributed by atoms with Crippen molar-refractivity contribution >= 4 is 5.84 Å². The predicted molar refractivity (Wildman–Crippen MR) is 72.6 cm³/mol. The summed E-state index contributed by atoms with van der Waals surface area (Å²) in [5.41, 5.74) is 7.47. The molecule has 0 saturated heterocycles. The summed E-state index contributed by atoms with van der Waals surface area (Å²) in [5.74, 6) is 1.17. The van der Waals surface area contributed by atoms with E-state index in [2.05, 4.69) is 10.5 Å². The van der Waals surface area contributed by atoms with Gasteiger partial charge in [-0.3, -0.25) is 0 Å². The molecular weight excluding hydrogens is 226 g/mol. The van der Waals surface area contributed by atoms with E-state index in [-0.39, 0.29) is 5.84 Å². The van der Waals surface area contributed by atoms with Crippen LogP contribution in [0.5, 0.6) is 0 Å². The van der Waals surface area contributed by atoms with Crippen LogP contribution in [0, 0.1) is 5.92 Å². The first kappa shape index (κ1) is 12.9.